The molecule has 0 spiro atoms. The molecule has 0 bridgehead atoms. The first-order chi connectivity index (χ1) is 12.2. The molecule has 0 aliphatic carbocycles. The summed E-state index contributed by atoms with van der Waals surface area (Å²) < 4.78 is 5.13. The van der Waals surface area contributed by atoms with Crippen LogP contribution in [0.3, 0.4) is 0 Å². The molecule has 1 aromatic carbocycles. The smallest absolute Gasteiger partial charge is 0.237 e. The van der Waals surface area contributed by atoms with Crippen molar-refractivity contribution in [1.82, 2.24) is 9.88 Å². The van der Waals surface area contributed by atoms with Crippen LogP contribution in [0.5, 0.6) is 0 Å². The van der Waals surface area contributed by atoms with Gasteiger partial charge < -0.3 is 15.0 Å². The molecule has 25 heavy (non-hydrogen) atoms. The van der Waals surface area contributed by atoms with E-state index in [0.717, 1.165) is 49.4 Å². The molecular formula is C19H24ClN3O2. The van der Waals surface area contributed by atoms with Gasteiger partial charge in [-0.25, -0.2) is 4.98 Å². The Hall–Kier alpha value is -1.85. The van der Waals surface area contributed by atoms with E-state index in [9.17, 15) is 4.79 Å². The Bertz CT molecular complexity index is 730. The van der Waals surface area contributed by atoms with Gasteiger partial charge in [-0.3, -0.25) is 4.79 Å². The fourth-order valence-corrected chi connectivity index (χ4v) is 3.51. The number of pyridine rings is 1. The van der Waals surface area contributed by atoms with Crippen LogP contribution in [0, 0.1) is 0 Å². The van der Waals surface area contributed by atoms with Crippen molar-refractivity contribution in [3.8, 4) is 0 Å². The van der Waals surface area contributed by atoms with Crippen molar-refractivity contribution < 1.29 is 9.53 Å². The van der Waals surface area contributed by atoms with E-state index in [1.165, 1.54) is 5.39 Å². The number of anilines is 1. The van der Waals surface area contributed by atoms with Crippen molar-refractivity contribution in [1.29, 1.82) is 0 Å². The van der Waals surface area contributed by atoms with Crippen molar-refractivity contribution in [2.45, 2.75) is 18.8 Å². The second-order valence-electron chi connectivity index (χ2n) is 6.33. The maximum Gasteiger partial charge on any atom is 0.237 e. The molecule has 2 aromatic rings. The average Bonchev–Trinajstić information content (AvgIpc) is 2.67. The minimum atomic E-state index is 0.0218. The zero-order valence-corrected chi connectivity index (χ0v) is 15.3. The quantitative estimate of drug-likeness (QED) is 0.634. The lowest BCUT2D eigenvalue weighted by molar-refractivity contribution is -0.129. The van der Waals surface area contributed by atoms with E-state index in [4.69, 9.17) is 21.3 Å². The number of alkyl halides is 1. The summed E-state index contributed by atoms with van der Waals surface area (Å²) in [5.41, 5.74) is 1.09. The largest absolute Gasteiger partial charge is 0.383 e. The van der Waals surface area contributed by atoms with Gasteiger partial charge in [-0.05, 0) is 24.3 Å². The van der Waals surface area contributed by atoms with Gasteiger partial charge in [0.2, 0.25) is 5.91 Å². The third kappa shape index (κ3) is 4.22. The first-order valence-corrected chi connectivity index (χ1v) is 9.22. The summed E-state index contributed by atoms with van der Waals surface area (Å²) in [5.74, 6) is 1.36. The Labute approximate surface area is 153 Å². The molecular weight excluding hydrogens is 338 g/mol. The molecule has 1 fully saturated rings. The highest BCUT2D eigenvalue weighted by Crippen LogP contribution is 2.31. The van der Waals surface area contributed by atoms with Crippen molar-refractivity contribution in [2.24, 2.45) is 0 Å². The number of amides is 1. The maximum atomic E-state index is 11.7. The van der Waals surface area contributed by atoms with Crippen LogP contribution in [0.2, 0.25) is 0 Å². The highest BCUT2D eigenvalue weighted by Gasteiger charge is 2.24. The van der Waals surface area contributed by atoms with Crippen molar-refractivity contribution >= 4 is 34.1 Å². The second-order valence-corrected chi connectivity index (χ2v) is 6.59. The molecule has 1 amide bonds. The van der Waals surface area contributed by atoms with Gasteiger partial charge in [-0.15, -0.1) is 11.6 Å². The Morgan fingerprint density at radius 1 is 1.36 bits per heavy atom. The molecule has 0 atom stereocenters. The fraction of sp³-hybridized carbons (Fsp3) is 0.474. The molecule has 2 heterocycles. The maximum absolute atomic E-state index is 11.7. The fourth-order valence-electron chi connectivity index (χ4n) is 3.34. The number of methoxy groups -OCH3 is 1. The molecule has 1 N–H and O–H groups in total. The van der Waals surface area contributed by atoms with E-state index in [1.54, 1.807) is 7.11 Å². The van der Waals surface area contributed by atoms with E-state index in [0.29, 0.717) is 12.5 Å². The van der Waals surface area contributed by atoms with Crippen LogP contribution < -0.4 is 5.32 Å². The number of carbonyl (C=O) groups is 1. The Morgan fingerprint density at radius 3 is 2.84 bits per heavy atom. The van der Waals surface area contributed by atoms with Gasteiger partial charge in [0.15, 0.2) is 0 Å². The van der Waals surface area contributed by atoms with Gasteiger partial charge in [0.1, 0.15) is 11.7 Å². The van der Waals surface area contributed by atoms with Gasteiger partial charge in [0.05, 0.1) is 6.61 Å². The third-order valence-corrected chi connectivity index (χ3v) is 4.97. The molecule has 6 heteroatoms. The Morgan fingerprint density at radius 2 is 2.12 bits per heavy atom. The normalized spacial score (nSPS) is 15.5. The summed E-state index contributed by atoms with van der Waals surface area (Å²) in [6.45, 7) is 2.85. The van der Waals surface area contributed by atoms with Crippen LogP contribution in [0.1, 0.15) is 24.5 Å². The minimum absolute atomic E-state index is 0.0218. The summed E-state index contributed by atoms with van der Waals surface area (Å²) in [4.78, 5) is 18.5. The zero-order chi connectivity index (χ0) is 17.6. The van der Waals surface area contributed by atoms with Gasteiger partial charge in [-0.1, -0.05) is 24.3 Å². The first-order valence-electron chi connectivity index (χ1n) is 8.69. The predicted octanol–water partition coefficient (Wildman–Crippen LogP) is 3.24. The Balaban J connectivity index is 1.81. The summed E-state index contributed by atoms with van der Waals surface area (Å²) in [6, 6.07) is 10.5. The van der Waals surface area contributed by atoms with Crippen LogP contribution in [0.15, 0.2) is 30.3 Å². The molecule has 0 radical (unpaired) electrons. The van der Waals surface area contributed by atoms with E-state index in [2.05, 4.69) is 23.5 Å². The number of halogens is 1. The number of ether oxygens (including phenoxy) is 1. The number of nitrogens with zero attached hydrogens (tertiary/aromatic N) is 2. The lowest BCUT2D eigenvalue weighted by Gasteiger charge is -2.31. The lowest BCUT2D eigenvalue weighted by atomic mass is 9.92. The summed E-state index contributed by atoms with van der Waals surface area (Å²) in [7, 11) is 1.69. The van der Waals surface area contributed by atoms with Crippen molar-refractivity contribution in [2.75, 3.05) is 44.5 Å². The third-order valence-electron chi connectivity index (χ3n) is 4.74. The van der Waals surface area contributed by atoms with Crippen LogP contribution in [-0.2, 0) is 9.53 Å². The molecule has 1 aromatic heterocycles. The van der Waals surface area contributed by atoms with Crippen LogP contribution >= 0.6 is 11.6 Å². The molecule has 1 aliphatic rings. The highest BCUT2D eigenvalue weighted by atomic mass is 35.5. The van der Waals surface area contributed by atoms with Gasteiger partial charge in [-0.2, -0.15) is 0 Å². The van der Waals surface area contributed by atoms with Crippen LogP contribution in [0.4, 0.5) is 5.82 Å². The number of fused-ring (bicyclic) bond motifs is 1. The topological polar surface area (TPSA) is 54.5 Å². The van der Waals surface area contributed by atoms with E-state index < -0.39 is 0 Å². The number of likely N-dealkylation sites (tertiary alicyclic amines) is 1. The molecule has 0 unspecified atom stereocenters. The van der Waals surface area contributed by atoms with E-state index >= 15 is 0 Å². The summed E-state index contributed by atoms with van der Waals surface area (Å²) >= 11 is 5.66. The van der Waals surface area contributed by atoms with Gasteiger partial charge >= 0.3 is 0 Å². The number of hydrogen-bond donors (Lipinski definition) is 1. The number of rotatable bonds is 6. The molecule has 3 rings (SSSR count). The van der Waals surface area contributed by atoms with Crippen molar-refractivity contribution in [3.63, 3.8) is 0 Å². The molecule has 0 saturated carbocycles. The number of hydrogen-bond acceptors (Lipinski definition) is 4. The first kappa shape index (κ1) is 18.0. The van der Waals surface area contributed by atoms with Crippen molar-refractivity contribution in [3.05, 3.63) is 36.0 Å². The SMILES string of the molecule is COCCNc1nc(C2CCN(C(=O)CCl)CC2)cc2ccccc12. The predicted molar refractivity (Wildman–Crippen MR) is 101 cm³/mol. The average molecular weight is 362 g/mol. The van der Waals surface area contributed by atoms with Gasteiger partial charge in [0.25, 0.3) is 0 Å². The number of piperidine rings is 1. The lowest BCUT2D eigenvalue weighted by Crippen LogP contribution is -2.38. The van der Waals surface area contributed by atoms with Crippen LogP contribution in [0.25, 0.3) is 10.8 Å². The molecule has 1 aliphatic heterocycles. The van der Waals surface area contributed by atoms with Crippen LogP contribution in [-0.4, -0.2) is 55.0 Å². The standard InChI is InChI=1S/C19H24ClN3O2/c1-25-11-8-21-19-16-5-3-2-4-15(16)12-17(22-19)14-6-9-23(10-7-14)18(24)13-20/h2-5,12,14H,6-11,13H2,1H3,(H,21,22). The number of carbonyl (C=O) groups excluding carboxylic acids is 1. The Kier molecular flexibility index (Phi) is 6.10. The zero-order valence-electron chi connectivity index (χ0n) is 14.5. The molecule has 134 valence electrons. The second kappa shape index (κ2) is 8.50. The number of aromatic nitrogens is 1. The molecule has 1 saturated heterocycles. The molecule has 5 nitrogen and oxygen atoms in total. The monoisotopic (exact) mass is 361 g/mol. The number of benzene rings is 1. The van der Waals surface area contributed by atoms with Gasteiger partial charge in [0, 0.05) is 43.7 Å². The number of nitrogens with one attached hydrogen (secondary N) is 1. The highest BCUT2D eigenvalue weighted by molar-refractivity contribution is 6.27. The summed E-state index contributed by atoms with van der Waals surface area (Å²) in [6.07, 6.45) is 1.84. The minimum Gasteiger partial charge on any atom is -0.383 e. The van der Waals surface area contributed by atoms with E-state index in [-0.39, 0.29) is 11.8 Å². The summed E-state index contributed by atoms with van der Waals surface area (Å²) in [5, 5.41) is 5.70. The van der Waals surface area contributed by atoms with E-state index in [1.807, 2.05) is 17.0 Å².